The van der Waals surface area contributed by atoms with Crippen LogP contribution in [0.5, 0.6) is 0 Å². The van der Waals surface area contributed by atoms with Gasteiger partial charge >= 0.3 is 17.1 Å². The molecule has 1 rings (SSSR count). The van der Waals surface area contributed by atoms with Crippen molar-refractivity contribution < 1.29 is 10.2 Å². The molecule has 1 aromatic rings. The summed E-state index contributed by atoms with van der Waals surface area (Å²) >= 11 is 3.13. The van der Waals surface area contributed by atoms with Crippen molar-refractivity contribution in [3.05, 3.63) is 56.9 Å². The molecular weight excluding hydrogens is 522 g/mol. The lowest BCUT2D eigenvalue weighted by Gasteiger charge is -2.27. The molecule has 0 aliphatic rings. The highest BCUT2D eigenvalue weighted by Crippen LogP contribution is 2.29. The molecule has 0 aromatic carbocycles. The van der Waals surface area contributed by atoms with E-state index in [1.807, 2.05) is 0 Å². The van der Waals surface area contributed by atoms with Crippen molar-refractivity contribution >= 4 is 23.5 Å². The van der Waals surface area contributed by atoms with Crippen LogP contribution in [0.4, 0.5) is 0 Å². The smallest absolute Gasteiger partial charge is 0.337 e. The van der Waals surface area contributed by atoms with Gasteiger partial charge in [0, 0.05) is 5.75 Å². The van der Waals surface area contributed by atoms with Crippen LogP contribution in [-0.4, -0.2) is 47.3 Å². The van der Waals surface area contributed by atoms with Gasteiger partial charge in [-0.3, -0.25) is 0 Å². The molecule has 0 fully saturated rings. The number of aliphatic hydroxyl groups is 2. The fourth-order valence-electron chi connectivity index (χ4n) is 3.50. The highest BCUT2D eigenvalue weighted by molar-refractivity contribution is 7.99. The van der Waals surface area contributed by atoms with Crippen LogP contribution in [0.3, 0.4) is 0 Å². The molecule has 0 amide bonds. The van der Waals surface area contributed by atoms with Gasteiger partial charge in [-0.15, -0.1) is 18.3 Å². The van der Waals surface area contributed by atoms with Crippen LogP contribution in [0, 0.1) is 16.7 Å². The van der Waals surface area contributed by atoms with Gasteiger partial charge in [0.05, 0.1) is 31.3 Å². The summed E-state index contributed by atoms with van der Waals surface area (Å²) in [5, 5.41) is 17.8. The molecule has 8 nitrogen and oxygen atoms in total. The van der Waals surface area contributed by atoms with E-state index in [-0.39, 0.29) is 29.8 Å². The Balaban J connectivity index is 0.00000434. The number of hydrogen-bond donors (Lipinski definition) is 2. The van der Waals surface area contributed by atoms with Crippen molar-refractivity contribution in [2.75, 3.05) is 17.3 Å². The highest BCUT2D eigenvalue weighted by atomic mass is 32.2. The summed E-state index contributed by atoms with van der Waals surface area (Å²) in [6.45, 7) is 22.0. The lowest BCUT2D eigenvalue weighted by molar-refractivity contribution is 0.171. The minimum atomic E-state index is -0.852. The molecule has 10 heteroatoms. The number of allylic oxidation sites excluding steroid dienone is 1. The molecule has 0 aliphatic heterocycles. The number of nitrogens with zero attached hydrogens (tertiary/aromatic N) is 3. The fourth-order valence-corrected chi connectivity index (χ4v) is 5.30. The average Bonchev–Trinajstić information content (AvgIpc) is 2.80. The third-order valence-corrected chi connectivity index (χ3v) is 8.46. The summed E-state index contributed by atoms with van der Waals surface area (Å²) in [5.74, 6) is 2.91. The van der Waals surface area contributed by atoms with Crippen LogP contribution in [0.25, 0.3) is 0 Å². The third-order valence-electron chi connectivity index (χ3n) is 6.24. The van der Waals surface area contributed by atoms with Crippen molar-refractivity contribution in [2.24, 2.45) is 16.7 Å². The first-order valence-corrected chi connectivity index (χ1v) is 15.6. The Morgan fingerprint density at radius 3 is 1.95 bits per heavy atom. The Hall–Kier alpha value is -1.65. The van der Waals surface area contributed by atoms with Crippen molar-refractivity contribution in [1.82, 2.24) is 13.7 Å². The Labute approximate surface area is 237 Å². The zero-order valence-electron chi connectivity index (χ0n) is 24.6. The molecule has 0 saturated heterocycles. The second-order valence-electron chi connectivity index (χ2n) is 11.8. The summed E-state index contributed by atoms with van der Waals surface area (Å²) in [7, 11) is 0. The summed E-state index contributed by atoms with van der Waals surface area (Å²) in [6, 6.07) is 0. The van der Waals surface area contributed by atoms with Crippen molar-refractivity contribution in [2.45, 2.75) is 99.2 Å². The van der Waals surface area contributed by atoms with Crippen LogP contribution in [0.1, 0.15) is 74.1 Å². The molecule has 1 aromatic heterocycles. The SMILES string of the molecule is C=CCn1c(=O)n(CSCCCC(C)C(C)(C)C)c(=O)n(CC(O)CSCCCC(C)(C)C)c1=O.C=CO. The van der Waals surface area contributed by atoms with E-state index >= 15 is 0 Å². The first-order chi connectivity index (χ1) is 17.6. The third kappa shape index (κ3) is 13.9. The van der Waals surface area contributed by atoms with Gasteiger partial charge in [0.2, 0.25) is 0 Å². The standard InChI is InChI=1S/C26H47N3O4S2.C2H4O/c1-9-14-27-22(31)28(17-21(30)18-34-16-11-13-25(3,4)5)24(33)29(23(27)32)19-35-15-10-12-20(2)26(6,7)8;1-2-3/h9,20-21,30H,1,10-19H2,2-8H3;2-3H,1H2. The highest BCUT2D eigenvalue weighted by Gasteiger charge is 2.20. The minimum Gasteiger partial charge on any atom is -0.516 e. The maximum Gasteiger partial charge on any atom is 0.337 e. The molecule has 2 N–H and O–H groups in total. The number of rotatable bonds is 15. The molecule has 38 heavy (non-hydrogen) atoms. The molecule has 0 radical (unpaired) electrons. The predicted octanol–water partition coefficient (Wildman–Crippen LogP) is 5.12. The summed E-state index contributed by atoms with van der Waals surface area (Å²) < 4.78 is 3.11. The molecule has 0 spiro atoms. The second kappa shape index (κ2) is 17.8. The van der Waals surface area contributed by atoms with E-state index in [1.165, 1.54) is 17.8 Å². The molecule has 1 heterocycles. The lowest BCUT2D eigenvalue weighted by atomic mass is 9.80. The van der Waals surface area contributed by atoms with Crippen LogP contribution in [-0.2, 0) is 19.0 Å². The largest absolute Gasteiger partial charge is 0.516 e. The van der Waals surface area contributed by atoms with Gasteiger partial charge in [-0.25, -0.2) is 28.1 Å². The van der Waals surface area contributed by atoms with Gasteiger partial charge in [0.25, 0.3) is 0 Å². The van der Waals surface area contributed by atoms with Crippen LogP contribution < -0.4 is 17.1 Å². The summed E-state index contributed by atoms with van der Waals surface area (Å²) in [5.41, 5.74) is -1.46. The Bertz CT molecular complexity index is 1020. The molecule has 2 atom stereocenters. The molecule has 2 unspecified atom stereocenters. The topological polar surface area (TPSA) is 106 Å². The molecule has 0 bridgehead atoms. The monoisotopic (exact) mass is 573 g/mol. The van der Waals surface area contributed by atoms with E-state index in [1.54, 1.807) is 11.8 Å². The first kappa shape index (κ1) is 36.4. The fraction of sp³-hybridized carbons (Fsp3) is 0.750. The molecular formula is C28H51N3O5S2. The van der Waals surface area contributed by atoms with Crippen LogP contribution >= 0.6 is 23.5 Å². The number of aromatic nitrogens is 3. The average molecular weight is 574 g/mol. The van der Waals surface area contributed by atoms with Crippen molar-refractivity contribution in [1.29, 1.82) is 0 Å². The van der Waals surface area contributed by atoms with Gasteiger partial charge in [0.1, 0.15) is 0 Å². The summed E-state index contributed by atoms with van der Waals surface area (Å²) in [4.78, 5) is 38.8. The molecule has 0 saturated carbocycles. The van der Waals surface area contributed by atoms with Gasteiger partial charge in [-0.1, -0.05) is 61.1 Å². The number of thioether (sulfide) groups is 2. The van der Waals surface area contributed by atoms with E-state index in [4.69, 9.17) is 5.11 Å². The summed E-state index contributed by atoms with van der Waals surface area (Å²) in [6.07, 6.45) is 5.57. The maximum atomic E-state index is 13.0. The van der Waals surface area contributed by atoms with E-state index in [9.17, 15) is 19.5 Å². The molecule has 220 valence electrons. The van der Waals surface area contributed by atoms with Gasteiger partial charge in [0.15, 0.2) is 0 Å². The Morgan fingerprint density at radius 2 is 1.42 bits per heavy atom. The van der Waals surface area contributed by atoms with E-state index in [2.05, 4.69) is 61.6 Å². The first-order valence-electron chi connectivity index (χ1n) is 13.2. The number of hydrogen-bond acceptors (Lipinski definition) is 7. The van der Waals surface area contributed by atoms with Gasteiger partial charge < -0.3 is 10.2 Å². The lowest BCUT2D eigenvalue weighted by Crippen LogP contribution is -2.55. The van der Waals surface area contributed by atoms with E-state index in [0.717, 1.165) is 57.2 Å². The zero-order chi connectivity index (χ0) is 29.5. The predicted molar refractivity (Wildman–Crippen MR) is 165 cm³/mol. The Kier molecular flexibility index (Phi) is 17.1. The minimum absolute atomic E-state index is 0.0172. The van der Waals surface area contributed by atoms with Crippen molar-refractivity contribution in [3.8, 4) is 0 Å². The Morgan fingerprint density at radius 1 is 0.895 bits per heavy atom. The van der Waals surface area contributed by atoms with E-state index < -0.39 is 23.2 Å². The van der Waals surface area contributed by atoms with Gasteiger partial charge in [-0.2, -0.15) is 11.8 Å². The normalized spacial score (nSPS) is 13.4. The number of aliphatic hydroxyl groups excluding tert-OH is 2. The molecule has 0 aliphatic carbocycles. The van der Waals surface area contributed by atoms with E-state index in [0.29, 0.717) is 11.7 Å². The van der Waals surface area contributed by atoms with Crippen LogP contribution in [0.15, 0.2) is 39.9 Å². The van der Waals surface area contributed by atoms with Crippen LogP contribution in [0.2, 0.25) is 0 Å². The van der Waals surface area contributed by atoms with Gasteiger partial charge in [-0.05, 0) is 53.9 Å². The maximum absolute atomic E-state index is 13.0. The second-order valence-corrected chi connectivity index (χ2v) is 14.0. The quantitative estimate of drug-likeness (QED) is 0.170. The van der Waals surface area contributed by atoms with Crippen molar-refractivity contribution in [3.63, 3.8) is 0 Å². The zero-order valence-corrected chi connectivity index (χ0v) is 26.2.